The maximum Gasteiger partial charge on any atom is 0.237 e. The van der Waals surface area contributed by atoms with Gasteiger partial charge in [0, 0.05) is 18.9 Å². The fourth-order valence-electron chi connectivity index (χ4n) is 2.44. The first-order valence-corrected chi connectivity index (χ1v) is 6.06. The fourth-order valence-corrected chi connectivity index (χ4v) is 2.44. The highest BCUT2D eigenvalue weighted by Gasteiger charge is 2.25. The van der Waals surface area contributed by atoms with Crippen molar-refractivity contribution in [3.8, 4) is 5.88 Å². The average Bonchev–Trinajstić information content (AvgIpc) is 2.46. The third-order valence-corrected chi connectivity index (χ3v) is 3.27. The predicted octanol–water partition coefficient (Wildman–Crippen LogP) is 1.72. The van der Waals surface area contributed by atoms with E-state index in [2.05, 4.69) is 39.6 Å². The molecular weight excluding hydrogens is 226 g/mol. The van der Waals surface area contributed by atoms with Gasteiger partial charge >= 0.3 is 0 Å². The summed E-state index contributed by atoms with van der Waals surface area (Å²) < 4.78 is 5.30. The van der Waals surface area contributed by atoms with Gasteiger partial charge in [0.25, 0.3) is 0 Å². The largest absolute Gasteiger partial charge is 0.480 e. The molecule has 4 heteroatoms. The molecule has 2 aromatic rings. The minimum absolute atomic E-state index is 0.0681. The Morgan fingerprint density at radius 1 is 1.22 bits per heavy atom. The molecule has 1 N–H and O–H groups in total. The van der Waals surface area contributed by atoms with Gasteiger partial charge in [-0.1, -0.05) is 24.3 Å². The van der Waals surface area contributed by atoms with Crippen LogP contribution in [0.3, 0.4) is 0 Å². The Hall–Kier alpha value is -1.94. The number of aromatic nitrogens is 2. The number of benzene rings is 1. The van der Waals surface area contributed by atoms with E-state index in [0.29, 0.717) is 5.88 Å². The van der Waals surface area contributed by atoms with E-state index in [0.717, 1.165) is 18.7 Å². The molecule has 0 saturated carbocycles. The first-order valence-electron chi connectivity index (χ1n) is 6.06. The fraction of sp³-hybridized carbons (Fsp3) is 0.286. The minimum Gasteiger partial charge on any atom is -0.480 e. The maximum absolute atomic E-state index is 5.30. The topological polar surface area (TPSA) is 47.0 Å². The number of nitrogens with one attached hydrogen (secondary N) is 1. The van der Waals surface area contributed by atoms with Crippen molar-refractivity contribution in [2.45, 2.75) is 12.5 Å². The highest BCUT2D eigenvalue weighted by atomic mass is 16.5. The van der Waals surface area contributed by atoms with E-state index < -0.39 is 0 Å². The quantitative estimate of drug-likeness (QED) is 0.869. The smallest absolute Gasteiger partial charge is 0.237 e. The molecule has 0 bridgehead atoms. The molecule has 1 atom stereocenters. The highest BCUT2D eigenvalue weighted by Crippen LogP contribution is 2.30. The Morgan fingerprint density at radius 3 is 2.94 bits per heavy atom. The predicted molar refractivity (Wildman–Crippen MR) is 68.6 cm³/mol. The molecule has 0 radical (unpaired) electrons. The van der Waals surface area contributed by atoms with Crippen LogP contribution >= 0.6 is 0 Å². The summed E-state index contributed by atoms with van der Waals surface area (Å²) in [5.41, 5.74) is 3.49. The first-order chi connectivity index (χ1) is 8.90. The number of hydrogen-bond donors (Lipinski definition) is 1. The van der Waals surface area contributed by atoms with Crippen LogP contribution in [0.1, 0.15) is 22.9 Å². The number of hydrogen-bond acceptors (Lipinski definition) is 4. The minimum atomic E-state index is 0.0681. The van der Waals surface area contributed by atoms with E-state index in [9.17, 15) is 0 Å². The van der Waals surface area contributed by atoms with Gasteiger partial charge in [0.1, 0.15) is 5.69 Å². The van der Waals surface area contributed by atoms with E-state index in [1.165, 1.54) is 11.1 Å². The molecule has 3 rings (SSSR count). The number of nitrogens with zero attached hydrogens (tertiary/aromatic N) is 2. The van der Waals surface area contributed by atoms with Gasteiger partial charge in [-0.25, -0.2) is 4.98 Å². The summed E-state index contributed by atoms with van der Waals surface area (Å²) in [6, 6.07) is 8.52. The first kappa shape index (κ1) is 11.2. The molecule has 0 aliphatic carbocycles. The van der Waals surface area contributed by atoms with Crippen molar-refractivity contribution in [1.29, 1.82) is 0 Å². The number of methoxy groups -OCH3 is 1. The molecule has 2 heterocycles. The van der Waals surface area contributed by atoms with E-state index in [-0.39, 0.29) is 6.04 Å². The number of ether oxygens (including phenoxy) is 1. The van der Waals surface area contributed by atoms with Crippen molar-refractivity contribution >= 4 is 0 Å². The lowest BCUT2D eigenvalue weighted by molar-refractivity contribution is 0.381. The van der Waals surface area contributed by atoms with Crippen molar-refractivity contribution in [3.63, 3.8) is 0 Å². The lowest BCUT2D eigenvalue weighted by atomic mass is 9.92. The zero-order chi connectivity index (χ0) is 12.4. The Labute approximate surface area is 106 Å². The molecule has 1 aromatic carbocycles. The average molecular weight is 241 g/mol. The van der Waals surface area contributed by atoms with Crippen LogP contribution in [0.5, 0.6) is 5.88 Å². The van der Waals surface area contributed by atoms with Crippen molar-refractivity contribution in [2.75, 3.05) is 13.7 Å². The van der Waals surface area contributed by atoms with E-state index in [4.69, 9.17) is 4.74 Å². The number of rotatable bonds is 2. The second-order valence-electron chi connectivity index (χ2n) is 4.29. The normalized spacial score (nSPS) is 18.2. The molecule has 4 nitrogen and oxygen atoms in total. The van der Waals surface area contributed by atoms with E-state index in [1.54, 1.807) is 19.5 Å². The lowest BCUT2D eigenvalue weighted by Gasteiger charge is -2.26. The monoisotopic (exact) mass is 241 g/mol. The SMILES string of the molecule is COc1nccnc1C1NCCc2ccccc21. The Balaban J connectivity index is 2.08. The molecule has 1 aliphatic heterocycles. The standard InChI is InChI=1S/C14H15N3O/c1-18-14-13(16-8-9-17-14)12-11-5-3-2-4-10(11)6-7-15-12/h2-5,8-9,12,15H,6-7H2,1H3. The van der Waals surface area contributed by atoms with Gasteiger partial charge in [-0.05, 0) is 17.5 Å². The van der Waals surface area contributed by atoms with Crippen LogP contribution in [0.25, 0.3) is 0 Å². The molecule has 18 heavy (non-hydrogen) atoms. The maximum atomic E-state index is 5.30. The van der Waals surface area contributed by atoms with Gasteiger partial charge in [0.2, 0.25) is 5.88 Å². The van der Waals surface area contributed by atoms with Crippen molar-refractivity contribution in [2.24, 2.45) is 0 Å². The molecule has 1 aromatic heterocycles. The summed E-state index contributed by atoms with van der Waals surface area (Å²) in [4.78, 5) is 8.64. The third-order valence-electron chi connectivity index (χ3n) is 3.27. The van der Waals surface area contributed by atoms with Crippen molar-refractivity contribution < 1.29 is 4.74 Å². The summed E-state index contributed by atoms with van der Waals surface area (Å²) >= 11 is 0. The molecule has 1 aliphatic rings. The van der Waals surface area contributed by atoms with Gasteiger partial charge in [-0.3, -0.25) is 4.98 Å². The summed E-state index contributed by atoms with van der Waals surface area (Å²) in [5.74, 6) is 0.590. The Kier molecular flexibility index (Phi) is 2.94. The van der Waals surface area contributed by atoms with E-state index in [1.807, 2.05) is 0 Å². The van der Waals surface area contributed by atoms with Gasteiger partial charge in [0.15, 0.2) is 0 Å². The van der Waals surface area contributed by atoms with Crippen molar-refractivity contribution in [1.82, 2.24) is 15.3 Å². The van der Waals surface area contributed by atoms with Crippen LogP contribution in [0.15, 0.2) is 36.7 Å². The van der Waals surface area contributed by atoms with Gasteiger partial charge in [-0.2, -0.15) is 0 Å². The zero-order valence-corrected chi connectivity index (χ0v) is 10.3. The van der Waals surface area contributed by atoms with Crippen LogP contribution in [0, 0.1) is 0 Å². The molecule has 92 valence electrons. The summed E-state index contributed by atoms with van der Waals surface area (Å²) in [5, 5.41) is 3.48. The summed E-state index contributed by atoms with van der Waals surface area (Å²) in [7, 11) is 1.63. The van der Waals surface area contributed by atoms with Crippen LogP contribution in [-0.4, -0.2) is 23.6 Å². The number of fused-ring (bicyclic) bond motifs is 1. The zero-order valence-electron chi connectivity index (χ0n) is 10.3. The third kappa shape index (κ3) is 1.84. The van der Waals surface area contributed by atoms with E-state index >= 15 is 0 Å². The summed E-state index contributed by atoms with van der Waals surface area (Å²) in [6.45, 7) is 0.946. The Bertz CT molecular complexity index is 556. The highest BCUT2D eigenvalue weighted by molar-refractivity contribution is 5.39. The molecule has 1 unspecified atom stereocenters. The van der Waals surface area contributed by atoms with Crippen LogP contribution < -0.4 is 10.1 Å². The van der Waals surface area contributed by atoms with Crippen molar-refractivity contribution in [3.05, 3.63) is 53.5 Å². The van der Waals surface area contributed by atoms with Gasteiger partial charge < -0.3 is 10.1 Å². The summed E-state index contributed by atoms with van der Waals surface area (Å²) in [6.07, 6.45) is 4.41. The Morgan fingerprint density at radius 2 is 2.06 bits per heavy atom. The molecule has 0 fully saturated rings. The second-order valence-corrected chi connectivity index (χ2v) is 4.29. The van der Waals surface area contributed by atoms with Gasteiger partial charge in [-0.15, -0.1) is 0 Å². The van der Waals surface area contributed by atoms with Crippen LogP contribution in [0.4, 0.5) is 0 Å². The molecule has 0 spiro atoms. The molecule has 0 saturated heterocycles. The molecular formula is C14H15N3O. The lowest BCUT2D eigenvalue weighted by Crippen LogP contribution is -2.31. The van der Waals surface area contributed by atoms with Crippen LogP contribution in [0.2, 0.25) is 0 Å². The van der Waals surface area contributed by atoms with Gasteiger partial charge in [0.05, 0.1) is 13.2 Å². The second kappa shape index (κ2) is 4.74. The molecule has 0 amide bonds. The van der Waals surface area contributed by atoms with Crippen LogP contribution in [-0.2, 0) is 6.42 Å².